The minimum atomic E-state index is -0.298. The minimum absolute atomic E-state index is 0. The van der Waals surface area contributed by atoms with Crippen molar-refractivity contribution >= 4 is 40.7 Å². The van der Waals surface area contributed by atoms with Gasteiger partial charge in [-0.25, -0.2) is 9.18 Å². The number of imidazole rings is 1. The lowest BCUT2D eigenvalue weighted by molar-refractivity contribution is 0.284. The Labute approximate surface area is 188 Å². The SMILES string of the molecule is COc1cc(CNc2ccc3[nH]c(=O)[nH]c3c2)cc(Cl)c1OCc1ccc(F)cc1.Cl. The highest BCUT2D eigenvalue weighted by Gasteiger charge is 2.13. The molecular weight excluding hydrogens is 444 g/mol. The maximum absolute atomic E-state index is 13.0. The molecule has 31 heavy (non-hydrogen) atoms. The van der Waals surface area contributed by atoms with E-state index in [1.807, 2.05) is 24.3 Å². The van der Waals surface area contributed by atoms with Crippen LogP contribution < -0.4 is 20.5 Å². The number of aromatic amines is 2. The van der Waals surface area contributed by atoms with Crippen LogP contribution in [0.3, 0.4) is 0 Å². The Morgan fingerprint density at radius 3 is 2.48 bits per heavy atom. The van der Waals surface area contributed by atoms with Crippen molar-refractivity contribution in [3.8, 4) is 11.5 Å². The number of halogens is 3. The lowest BCUT2D eigenvalue weighted by Crippen LogP contribution is -2.03. The van der Waals surface area contributed by atoms with Gasteiger partial charge in [0.05, 0.1) is 23.2 Å². The van der Waals surface area contributed by atoms with Gasteiger partial charge in [0.2, 0.25) is 0 Å². The fourth-order valence-electron chi connectivity index (χ4n) is 3.10. The van der Waals surface area contributed by atoms with E-state index in [4.69, 9.17) is 21.1 Å². The van der Waals surface area contributed by atoms with E-state index >= 15 is 0 Å². The van der Waals surface area contributed by atoms with Crippen molar-refractivity contribution in [3.63, 3.8) is 0 Å². The van der Waals surface area contributed by atoms with Gasteiger partial charge in [-0.1, -0.05) is 23.7 Å². The summed E-state index contributed by atoms with van der Waals surface area (Å²) in [5, 5.41) is 3.71. The molecule has 0 aliphatic rings. The summed E-state index contributed by atoms with van der Waals surface area (Å²) in [5.74, 6) is 0.638. The molecule has 9 heteroatoms. The summed E-state index contributed by atoms with van der Waals surface area (Å²) in [7, 11) is 1.55. The van der Waals surface area contributed by atoms with E-state index in [1.165, 1.54) is 12.1 Å². The highest BCUT2D eigenvalue weighted by atomic mass is 35.5. The van der Waals surface area contributed by atoms with Crippen molar-refractivity contribution in [3.05, 3.63) is 87.0 Å². The first-order valence-electron chi connectivity index (χ1n) is 9.21. The summed E-state index contributed by atoms with van der Waals surface area (Å²) in [6.07, 6.45) is 0. The second kappa shape index (κ2) is 9.76. The predicted molar refractivity (Wildman–Crippen MR) is 122 cm³/mol. The molecule has 0 aliphatic heterocycles. The standard InChI is InChI=1S/C22H19ClFN3O3.ClH/c1-29-20-9-14(11-25-16-6-7-18-19(10-16)27-22(28)26-18)8-17(23)21(20)30-12-13-2-4-15(24)5-3-13;/h2-10,25H,11-12H2,1H3,(H2,26,27,28);1H. The Kier molecular flexibility index (Phi) is 7.09. The van der Waals surface area contributed by atoms with Crippen LogP contribution in [0.15, 0.2) is 59.4 Å². The maximum Gasteiger partial charge on any atom is 0.323 e. The Bertz CT molecular complexity index is 1240. The molecule has 4 aromatic rings. The molecule has 6 nitrogen and oxygen atoms in total. The van der Waals surface area contributed by atoms with Crippen LogP contribution in [0, 0.1) is 5.82 Å². The largest absolute Gasteiger partial charge is 0.493 e. The number of rotatable bonds is 7. The van der Waals surface area contributed by atoms with Crippen LogP contribution in [0.25, 0.3) is 11.0 Å². The quantitative estimate of drug-likeness (QED) is 0.348. The van der Waals surface area contributed by atoms with Crippen LogP contribution in [-0.2, 0) is 13.2 Å². The van der Waals surface area contributed by atoms with Crippen LogP contribution in [0.1, 0.15) is 11.1 Å². The molecule has 0 atom stereocenters. The van der Waals surface area contributed by atoms with E-state index in [2.05, 4.69) is 15.3 Å². The number of ether oxygens (including phenoxy) is 2. The molecule has 0 unspecified atom stereocenters. The molecule has 0 fully saturated rings. The Hall–Kier alpha value is -3.16. The van der Waals surface area contributed by atoms with Crippen LogP contribution >= 0.6 is 24.0 Å². The van der Waals surface area contributed by atoms with E-state index in [9.17, 15) is 9.18 Å². The number of methoxy groups -OCH3 is 1. The topological polar surface area (TPSA) is 79.1 Å². The molecule has 0 saturated heterocycles. The smallest absolute Gasteiger partial charge is 0.323 e. The normalized spacial score (nSPS) is 10.5. The monoisotopic (exact) mass is 463 g/mol. The van der Waals surface area contributed by atoms with Crippen LogP contribution in [-0.4, -0.2) is 17.1 Å². The van der Waals surface area contributed by atoms with Gasteiger partial charge in [-0.3, -0.25) is 0 Å². The molecule has 3 N–H and O–H groups in total. The summed E-state index contributed by atoms with van der Waals surface area (Å²) >= 11 is 6.43. The number of H-pyrrole nitrogens is 2. The van der Waals surface area contributed by atoms with E-state index in [0.29, 0.717) is 23.1 Å². The third-order valence-corrected chi connectivity index (χ3v) is 4.88. The number of benzene rings is 3. The highest BCUT2D eigenvalue weighted by molar-refractivity contribution is 6.32. The zero-order valence-electron chi connectivity index (χ0n) is 16.5. The fraction of sp³-hybridized carbons (Fsp3) is 0.136. The molecular formula is C22H20Cl2FN3O3. The second-order valence-corrected chi connectivity index (χ2v) is 7.12. The van der Waals surface area contributed by atoms with Crippen LogP contribution in [0.4, 0.5) is 10.1 Å². The molecule has 0 saturated carbocycles. The Morgan fingerprint density at radius 1 is 1.00 bits per heavy atom. The third-order valence-electron chi connectivity index (χ3n) is 4.60. The molecule has 162 valence electrons. The predicted octanol–water partition coefficient (Wildman–Crippen LogP) is 5.27. The first kappa shape index (κ1) is 22.5. The number of nitrogens with one attached hydrogen (secondary N) is 3. The van der Waals surface area contributed by atoms with Gasteiger partial charge in [-0.2, -0.15) is 0 Å². The Morgan fingerprint density at radius 2 is 1.74 bits per heavy atom. The molecule has 1 heterocycles. The van der Waals surface area contributed by atoms with Gasteiger partial charge >= 0.3 is 5.69 Å². The lowest BCUT2D eigenvalue weighted by Gasteiger charge is -2.15. The second-order valence-electron chi connectivity index (χ2n) is 6.72. The van der Waals surface area contributed by atoms with Gasteiger partial charge in [-0.15, -0.1) is 12.4 Å². The number of anilines is 1. The highest BCUT2D eigenvalue weighted by Crippen LogP contribution is 2.37. The van der Waals surface area contributed by atoms with Crippen molar-refractivity contribution in [2.24, 2.45) is 0 Å². The van der Waals surface area contributed by atoms with Crippen molar-refractivity contribution in [2.75, 3.05) is 12.4 Å². The van der Waals surface area contributed by atoms with E-state index in [1.54, 1.807) is 25.3 Å². The molecule has 4 rings (SSSR count). The van der Waals surface area contributed by atoms with E-state index in [0.717, 1.165) is 27.8 Å². The number of hydrogen-bond donors (Lipinski definition) is 3. The lowest BCUT2D eigenvalue weighted by atomic mass is 10.2. The van der Waals surface area contributed by atoms with Gasteiger partial charge in [0.15, 0.2) is 11.5 Å². The maximum atomic E-state index is 13.0. The molecule has 0 amide bonds. The molecule has 0 bridgehead atoms. The summed E-state index contributed by atoms with van der Waals surface area (Å²) < 4.78 is 24.3. The number of aromatic nitrogens is 2. The average Bonchev–Trinajstić information content (AvgIpc) is 3.11. The zero-order valence-corrected chi connectivity index (χ0v) is 18.1. The zero-order chi connectivity index (χ0) is 21.1. The van der Waals surface area contributed by atoms with Gasteiger partial charge in [-0.05, 0) is 53.6 Å². The summed E-state index contributed by atoms with van der Waals surface area (Å²) in [5.41, 5.74) is 3.80. The van der Waals surface area contributed by atoms with Gasteiger partial charge in [0.1, 0.15) is 12.4 Å². The summed E-state index contributed by atoms with van der Waals surface area (Å²) in [6, 6.07) is 15.3. The van der Waals surface area contributed by atoms with E-state index in [-0.39, 0.29) is 30.5 Å². The fourth-order valence-corrected chi connectivity index (χ4v) is 3.39. The molecule has 1 aromatic heterocycles. The van der Waals surface area contributed by atoms with Crippen LogP contribution in [0.2, 0.25) is 5.02 Å². The molecule has 0 radical (unpaired) electrons. The summed E-state index contributed by atoms with van der Waals surface area (Å²) in [6.45, 7) is 0.733. The van der Waals surface area contributed by atoms with E-state index < -0.39 is 0 Å². The number of fused-ring (bicyclic) bond motifs is 1. The van der Waals surface area contributed by atoms with Crippen LogP contribution in [0.5, 0.6) is 11.5 Å². The van der Waals surface area contributed by atoms with Crippen molar-refractivity contribution in [1.29, 1.82) is 0 Å². The molecule has 0 aliphatic carbocycles. The van der Waals surface area contributed by atoms with Crippen molar-refractivity contribution < 1.29 is 13.9 Å². The minimum Gasteiger partial charge on any atom is -0.493 e. The van der Waals surface area contributed by atoms with Gasteiger partial charge in [0, 0.05) is 12.2 Å². The Balaban J connectivity index is 0.00000272. The van der Waals surface area contributed by atoms with Gasteiger partial charge in [0.25, 0.3) is 0 Å². The number of hydrogen-bond acceptors (Lipinski definition) is 4. The third kappa shape index (κ3) is 5.31. The molecule has 0 spiro atoms. The first-order chi connectivity index (χ1) is 14.5. The van der Waals surface area contributed by atoms with Gasteiger partial charge < -0.3 is 24.8 Å². The van der Waals surface area contributed by atoms with Crippen molar-refractivity contribution in [2.45, 2.75) is 13.2 Å². The first-order valence-corrected chi connectivity index (χ1v) is 9.59. The van der Waals surface area contributed by atoms with Crippen molar-refractivity contribution in [1.82, 2.24) is 9.97 Å². The summed E-state index contributed by atoms with van der Waals surface area (Å²) in [4.78, 5) is 16.8. The molecule has 3 aromatic carbocycles. The average molecular weight is 464 g/mol.